The van der Waals surface area contributed by atoms with Crippen LogP contribution in [0.2, 0.25) is 0 Å². The van der Waals surface area contributed by atoms with Crippen molar-refractivity contribution in [2.24, 2.45) is 0 Å². The Morgan fingerprint density at radius 2 is 1.70 bits per heavy atom. The van der Waals surface area contributed by atoms with Crippen LogP contribution >= 0.6 is 0 Å². The van der Waals surface area contributed by atoms with Crippen LogP contribution in [0.5, 0.6) is 0 Å². The average Bonchev–Trinajstić information content (AvgIpc) is 2.78. The highest BCUT2D eigenvalue weighted by Crippen LogP contribution is 2.28. The molecule has 1 aromatic heterocycles. The quantitative estimate of drug-likeness (QED) is 0.567. The predicted molar refractivity (Wildman–Crippen MR) is 130 cm³/mol. The molecular formula is C25H30FN3O3S. The normalized spacial score (nSPS) is 15.4. The number of hydrogen-bond acceptors (Lipinski definition) is 5. The molecule has 0 bridgehead atoms. The van der Waals surface area contributed by atoms with Gasteiger partial charge in [0, 0.05) is 38.9 Å². The topological polar surface area (TPSA) is 62.6 Å². The number of likely N-dealkylation sites (N-methyl/N-ethyl adjacent to an activating group) is 1. The molecule has 0 radical (unpaired) electrons. The second-order valence-corrected chi connectivity index (χ2v) is 10.8. The Kier molecular flexibility index (Phi) is 6.33. The number of rotatable bonds is 5. The molecule has 33 heavy (non-hydrogen) atoms. The van der Waals surface area contributed by atoms with Gasteiger partial charge in [0.05, 0.1) is 21.5 Å². The van der Waals surface area contributed by atoms with Gasteiger partial charge in [0.1, 0.15) is 10.7 Å². The Morgan fingerprint density at radius 3 is 2.33 bits per heavy atom. The molecule has 0 N–H and O–H groups in total. The Bertz CT molecular complexity index is 1370. The molecule has 0 amide bonds. The van der Waals surface area contributed by atoms with E-state index in [1.54, 1.807) is 22.8 Å². The smallest absolute Gasteiger partial charge is 0.211 e. The second kappa shape index (κ2) is 8.91. The van der Waals surface area contributed by atoms with Gasteiger partial charge in [-0.05, 0) is 62.7 Å². The zero-order chi connectivity index (χ0) is 23.9. The fourth-order valence-electron chi connectivity index (χ4n) is 4.29. The number of halogens is 1. The summed E-state index contributed by atoms with van der Waals surface area (Å²) in [6, 6.07) is 7.73. The number of pyridine rings is 1. The van der Waals surface area contributed by atoms with Gasteiger partial charge in [0.2, 0.25) is 15.3 Å². The summed E-state index contributed by atoms with van der Waals surface area (Å²) in [7, 11) is -2.03. The zero-order valence-corrected chi connectivity index (χ0v) is 20.4. The maximum absolute atomic E-state index is 15.2. The lowest BCUT2D eigenvalue weighted by Gasteiger charge is -2.34. The molecule has 176 valence electrons. The van der Waals surface area contributed by atoms with E-state index in [2.05, 4.69) is 4.90 Å². The summed E-state index contributed by atoms with van der Waals surface area (Å²) < 4.78 is 43.8. The molecule has 0 spiro atoms. The molecule has 2 aromatic carbocycles. The molecule has 0 saturated carbocycles. The van der Waals surface area contributed by atoms with Crippen molar-refractivity contribution in [2.45, 2.75) is 43.5 Å². The molecule has 8 heteroatoms. The summed E-state index contributed by atoms with van der Waals surface area (Å²) in [4.78, 5) is 17.3. The van der Waals surface area contributed by atoms with Crippen LogP contribution in [0.25, 0.3) is 10.9 Å². The summed E-state index contributed by atoms with van der Waals surface area (Å²) in [5.41, 5.74) is 2.13. The summed E-state index contributed by atoms with van der Waals surface area (Å²) in [6.07, 6.45) is 2.16. The summed E-state index contributed by atoms with van der Waals surface area (Å²) >= 11 is 0. The lowest BCUT2D eigenvalue weighted by molar-refractivity contribution is 0.312. The number of nitrogens with zero attached hydrogens (tertiary/aromatic N) is 3. The molecule has 1 aliphatic heterocycles. The molecule has 1 fully saturated rings. The molecule has 1 saturated heterocycles. The van der Waals surface area contributed by atoms with Crippen molar-refractivity contribution < 1.29 is 12.8 Å². The predicted octanol–water partition coefficient (Wildman–Crippen LogP) is 3.75. The van der Waals surface area contributed by atoms with Crippen molar-refractivity contribution in [3.05, 3.63) is 63.7 Å². The van der Waals surface area contributed by atoms with Crippen LogP contribution in [-0.2, 0) is 16.4 Å². The molecule has 1 aliphatic rings. The van der Waals surface area contributed by atoms with Crippen molar-refractivity contribution in [3.8, 4) is 0 Å². The van der Waals surface area contributed by atoms with Crippen molar-refractivity contribution in [1.29, 1.82) is 0 Å². The molecule has 4 rings (SSSR count). The lowest BCUT2D eigenvalue weighted by Crippen LogP contribution is -2.44. The summed E-state index contributed by atoms with van der Waals surface area (Å²) in [5, 5.41) is 0.0868. The van der Waals surface area contributed by atoms with Gasteiger partial charge in [-0.25, -0.2) is 12.8 Å². The largest absolute Gasteiger partial charge is 0.367 e. The third kappa shape index (κ3) is 4.29. The minimum Gasteiger partial charge on any atom is -0.367 e. The number of benzene rings is 2. The van der Waals surface area contributed by atoms with E-state index in [0.717, 1.165) is 30.6 Å². The molecule has 0 aliphatic carbocycles. The van der Waals surface area contributed by atoms with Crippen LogP contribution in [0.1, 0.15) is 24.5 Å². The van der Waals surface area contributed by atoms with Gasteiger partial charge in [-0.15, -0.1) is 0 Å². The first-order valence-electron chi connectivity index (χ1n) is 11.3. The van der Waals surface area contributed by atoms with Crippen LogP contribution in [0, 0.1) is 19.7 Å². The Labute approximate surface area is 194 Å². The number of anilines is 1. The van der Waals surface area contributed by atoms with E-state index in [9.17, 15) is 13.2 Å². The first kappa shape index (κ1) is 23.4. The number of hydrogen-bond donors (Lipinski definition) is 0. The van der Waals surface area contributed by atoms with Gasteiger partial charge in [-0.3, -0.25) is 4.79 Å². The molecule has 3 aromatic rings. The van der Waals surface area contributed by atoms with Gasteiger partial charge in [-0.2, -0.15) is 0 Å². The number of sulfone groups is 1. The Hall–Kier alpha value is -2.71. The van der Waals surface area contributed by atoms with Crippen LogP contribution in [-0.4, -0.2) is 51.1 Å². The van der Waals surface area contributed by atoms with Gasteiger partial charge < -0.3 is 14.4 Å². The Morgan fingerprint density at radius 1 is 1.00 bits per heavy atom. The second-order valence-electron chi connectivity index (χ2n) is 8.88. The minimum absolute atomic E-state index is 0.0691. The molecule has 0 unspecified atom stereocenters. The SMILES string of the molecule is CCCn1cc(S(=O)(=O)c2ccc(C)c(C)c2)c(=O)c2cc(F)c(N3CCN(C)CC3)cc21. The highest BCUT2D eigenvalue weighted by atomic mass is 32.2. The minimum atomic E-state index is -4.06. The van der Waals surface area contributed by atoms with Crippen LogP contribution < -0.4 is 10.3 Å². The number of piperazine rings is 1. The lowest BCUT2D eigenvalue weighted by atomic mass is 10.1. The maximum atomic E-state index is 15.2. The Balaban J connectivity index is 1.91. The van der Waals surface area contributed by atoms with Crippen molar-refractivity contribution in [3.63, 3.8) is 0 Å². The molecule has 6 nitrogen and oxygen atoms in total. The van der Waals surface area contributed by atoms with Gasteiger partial charge in [0.15, 0.2) is 0 Å². The monoisotopic (exact) mass is 471 g/mol. The van der Waals surface area contributed by atoms with Crippen molar-refractivity contribution >= 4 is 26.4 Å². The first-order chi connectivity index (χ1) is 15.6. The van der Waals surface area contributed by atoms with Gasteiger partial charge >= 0.3 is 0 Å². The average molecular weight is 472 g/mol. The fraction of sp³-hybridized carbons (Fsp3) is 0.400. The van der Waals surface area contributed by atoms with Crippen molar-refractivity contribution in [2.75, 3.05) is 38.1 Å². The third-order valence-electron chi connectivity index (χ3n) is 6.50. The zero-order valence-electron chi connectivity index (χ0n) is 19.6. The maximum Gasteiger partial charge on any atom is 0.211 e. The third-order valence-corrected chi connectivity index (χ3v) is 8.25. The van der Waals surface area contributed by atoms with Gasteiger partial charge in [0.25, 0.3) is 0 Å². The van der Waals surface area contributed by atoms with Crippen LogP contribution in [0.15, 0.2) is 51.1 Å². The van der Waals surface area contributed by atoms with E-state index in [-0.39, 0.29) is 15.2 Å². The standard InChI is InChI=1S/C25H30FN3O3S/c1-5-8-29-16-24(33(31,32)19-7-6-17(2)18(3)13-19)25(30)20-14-21(26)23(15-22(20)29)28-11-9-27(4)10-12-28/h6-7,13-16H,5,8-12H2,1-4H3. The van der Waals surface area contributed by atoms with E-state index in [1.165, 1.54) is 18.3 Å². The van der Waals surface area contributed by atoms with E-state index in [0.29, 0.717) is 30.8 Å². The number of aromatic nitrogens is 1. The van der Waals surface area contributed by atoms with E-state index in [1.807, 2.05) is 32.7 Å². The van der Waals surface area contributed by atoms with E-state index >= 15 is 4.39 Å². The number of aryl methyl sites for hydroxylation is 3. The van der Waals surface area contributed by atoms with Crippen molar-refractivity contribution in [1.82, 2.24) is 9.47 Å². The van der Waals surface area contributed by atoms with E-state index < -0.39 is 21.1 Å². The molecular weight excluding hydrogens is 441 g/mol. The number of fused-ring (bicyclic) bond motifs is 1. The molecule has 2 heterocycles. The highest BCUT2D eigenvalue weighted by Gasteiger charge is 2.26. The van der Waals surface area contributed by atoms with Crippen LogP contribution in [0.4, 0.5) is 10.1 Å². The fourth-order valence-corrected chi connectivity index (χ4v) is 5.74. The highest BCUT2D eigenvalue weighted by molar-refractivity contribution is 7.91. The molecule has 0 atom stereocenters. The van der Waals surface area contributed by atoms with Crippen LogP contribution in [0.3, 0.4) is 0 Å². The first-order valence-corrected chi connectivity index (χ1v) is 12.7. The summed E-state index contributed by atoms with van der Waals surface area (Å²) in [6.45, 7) is 9.26. The summed E-state index contributed by atoms with van der Waals surface area (Å²) in [5.74, 6) is -0.507. The van der Waals surface area contributed by atoms with Gasteiger partial charge in [-0.1, -0.05) is 13.0 Å². The van der Waals surface area contributed by atoms with E-state index in [4.69, 9.17) is 0 Å².